The molecule has 1 aromatic rings. The molecule has 1 aliphatic rings. The normalized spacial score (nSPS) is 13.9. The molecule has 1 aliphatic heterocycles. The average Bonchev–Trinajstić information content (AvgIpc) is 2.29. The van der Waals surface area contributed by atoms with Crippen LogP contribution in [0.5, 0.6) is 11.5 Å². The zero-order valence-corrected chi connectivity index (χ0v) is 8.49. The number of nitrogens with one attached hydrogen (secondary N) is 1. The molecule has 0 aromatic heterocycles. The van der Waals surface area contributed by atoms with Crippen molar-refractivity contribution in [2.45, 2.75) is 0 Å². The molecule has 0 aliphatic carbocycles. The zero-order valence-electron chi connectivity index (χ0n) is 8.49. The monoisotopic (exact) mass is 207 g/mol. The largest absolute Gasteiger partial charge is 0.497 e. The highest BCUT2D eigenvalue weighted by atomic mass is 16.5. The first-order valence-corrected chi connectivity index (χ1v) is 4.70. The summed E-state index contributed by atoms with van der Waals surface area (Å²) in [5, 5.41) is 8.58. The van der Waals surface area contributed by atoms with Gasteiger partial charge in [-0.15, -0.1) is 0 Å². The Bertz CT molecular complexity index is 387. The van der Waals surface area contributed by atoms with Crippen LogP contribution in [0.3, 0.4) is 0 Å². The second-order valence-corrected chi connectivity index (χ2v) is 3.33. The number of hydrogen-bond acceptors (Lipinski definition) is 4. The molecule has 1 aromatic carbocycles. The highest BCUT2D eigenvalue weighted by Crippen LogP contribution is 2.29. The maximum atomic E-state index is 8.58. The highest BCUT2D eigenvalue weighted by molar-refractivity contribution is 5.63. The lowest BCUT2D eigenvalue weighted by Gasteiger charge is -2.18. The summed E-state index contributed by atoms with van der Waals surface area (Å²) in [5.41, 5.74) is 4.13. The van der Waals surface area contributed by atoms with Crippen molar-refractivity contribution in [3.63, 3.8) is 0 Å². The summed E-state index contributed by atoms with van der Waals surface area (Å²) < 4.78 is 10.6. The molecule has 0 saturated heterocycles. The van der Waals surface area contributed by atoms with Crippen LogP contribution in [0.4, 0.5) is 0 Å². The van der Waals surface area contributed by atoms with Crippen molar-refractivity contribution < 1.29 is 14.7 Å². The van der Waals surface area contributed by atoms with Crippen molar-refractivity contribution in [2.75, 3.05) is 20.3 Å². The minimum atomic E-state index is 0.422. The summed E-state index contributed by atoms with van der Waals surface area (Å²) in [6.07, 6.45) is 2.00. The van der Waals surface area contributed by atoms with E-state index in [0.29, 0.717) is 13.2 Å². The van der Waals surface area contributed by atoms with Crippen LogP contribution in [0.1, 0.15) is 5.56 Å². The summed E-state index contributed by atoms with van der Waals surface area (Å²) in [4.78, 5) is 0. The van der Waals surface area contributed by atoms with Gasteiger partial charge >= 0.3 is 0 Å². The topological polar surface area (TPSA) is 50.7 Å². The molecule has 15 heavy (non-hydrogen) atoms. The first-order valence-electron chi connectivity index (χ1n) is 4.70. The SMILES string of the molecule is COc1ccc2c(c1)OCC(CNO)=C2. The smallest absolute Gasteiger partial charge is 0.130 e. The lowest BCUT2D eigenvalue weighted by Crippen LogP contribution is -2.18. The molecule has 0 radical (unpaired) electrons. The minimum absolute atomic E-state index is 0.422. The quantitative estimate of drug-likeness (QED) is 0.736. The molecular formula is C11H13NO3. The van der Waals surface area contributed by atoms with Crippen molar-refractivity contribution >= 4 is 6.08 Å². The van der Waals surface area contributed by atoms with Gasteiger partial charge in [-0.3, -0.25) is 0 Å². The molecular weight excluding hydrogens is 194 g/mol. The Morgan fingerprint density at radius 2 is 2.40 bits per heavy atom. The molecule has 0 saturated carbocycles. The number of hydrogen-bond donors (Lipinski definition) is 2. The summed E-state index contributed by atoms with van der Waals surface area (Å²) >= 11 is 0. The van der Waals surface area contributed by atoms with Crippen LogP contribution >= 0.6 is 0 Å². The van der Waals surface area contributed by atoms with Crippen molar-refractivity contribution in [1.82, 2.24) is 5.48 Å². The Balaban J connectivity index is 2.27. The maximum Gasteiger partial charge on any atom is 0.130 e. The van der Waals surface area contributed by atoms with E-state index in [1.54, 1.807) is 7.11 Å². The molecule has 1 heterocycles. The van der Waals surface area contributed by atoms with Gasteiger partial charge in [0.25, 0.3) is 0 Å². The predicted molar refractivity (Wildman–Crippen MR) is 56.3 cm³/mol. The summed E-state index contributed by atoms with van der Waals surface area (Å²) in [5.74, 6) is 1.60. The van der Waals surface area contributed by atoms with Crippen molar-refractivity contribution in [3.05, 3.63) is 29.3 Å². The van der Waals surface area contributed by atoms with E-state index in [1.165, 1.54) is 0 Å². The van der Waals surface area contributed by atoms with Gasteiger partial charge in [0.2, 0.25) is 0 Å². The number of benzene rings is 1. The van der Waals surface area contributed by atoms with E-state index < -0.39 is 0 Å². The minimum Gasteiger partial charge on any atom is -0.497 e. The summed E-state index contributed by atoms with van der Waals surface area (Å²) in [7, 11) is 1.63. The van der Waals surface area contributed by atoms with Crippen LogP contribution < -0.4 is 15.0 Å². The van der Waals surface area contributed by atoms with Gasteiger partial charge in [0.15, 0.2) is 0 Å². The highest BCUT2D eigenvalue weighted by Gasteiger charge is 2.11. The fraction of sp³-hybridized carbons (Fsp3) is 0.273. The fourth-order valence-corrected chi connectivity index (χ4v) is 1.52. The van der Waals surface area contributed by atoms with Crippen LogP contribution in [0, 0.1) is 0 Å². The van der Waals surface area contributed by atoms with E-state index in [4.69, 9.17) is 14.7 Å². The number of fused-ring (bicyclic) bond motifs is 1. The first-order chi connectivity index (χ1) is 7.33. The van der Waals surface area contributed by atoms with E-state index in [9.17, 15) is 0 Å². The summed E-state index contributed by atoms with van der Waals surface area (Å²) in [6.45, 7) is 0.916. The second-order valence-electron chi connectivity index (χ2n) is 3.33. The Hall–Kier alpha value is -1.52. The van der Waals surface area contributed by atoms with Crippen molar-refractivity contribution in [2.24, 2.45) is 0 Å². The van der Waals surface area contributed by atoms with Crippen molar-refractivity contribution in [3.8, 4) is 11.5 Å². The van der Waals surface area contributed by atoms with Gasteiger partial charge in [-0.1, -0.05) is 0 Å². The van der Waals surface area contributed by atoms with Crippen molar-refractivity contribution in [1.29, 1.82) is 0 Å². The molecule has 0 fully saturated rings. The molecule has 0 spiro atoms. The van der Waals surface area contributed by atoms with Gasteiger partial charge in [-0.2, -0.15) is 0 Å². The van der Waals surface area contributed by atoms with E-state index >= 15 is 0 Å². The Kier molecular flexibility index (Phi) is 2.89. The molecule has 0 atom stereocenters. The third kappa shape index (κ3) is 2.11. The number of hydroxylamine groups is 1. The van der Waals surface area contributed by atoms with Gasteiger partial charge in [0.1, 0.15) is 18.1 Å². The average molecular weight is 207 g/mol. The zero-order chi connectivity index (χ0) is 10.7. The Labute approximate surface area is 88.1 Å². The third-order valence-electron chi connectivity index (χ3n) is 2.30. The molecule has 80 valence electrons. The van der Waals surface area contributed by atoms with E-state index in [1.807, 2.05) is 24.3 Å². The second kappa shape index (κ2) is 4.33. The number of rotatable bonds is 3. The van der Waals surface area contributed by atoms with Crippen LogP contribution in [-0.2, 0) is 0 Å². The van der Waals surface area contributed by atoms with Crippen LogP contribution in [0.15, 0.2) is 23.8 Å². The summed E-state index contributed by atoms with van der Waals surface area (Å²) in [6, 6.07) is 5.67. The van der Waals surface area contributed by atoms with Gasteiger partial charge in [0.05, 0.1) is 7.11 Å². The lowest BCUT2D eigenvalue weighted by atomic mass is 10.1. The van der Waals surface area contributed by atoms with Gasteiger partial charge < -0.3 is 14.7 Å². The predicted octanol–water partition coefficient (Wildman–Crippen LogP) is 1.45. The molecule has 0 unspecified atom stereocenters. The van der Waals surface area contributed by atoms with Crippen LogP contribution in [0.25, 0.3) is 6.08 Å². The number of methoxy groups -OCH3 is 1. The van der Waals surface area contributed by atoms with Gasteiger partial charge in [0, 0.05) is 18.2 Å². The number of ether oxygens (including phenoxy) is 2. The lowest BCUT2D eigenvalue weighted by molar-refractivity contribution is 0.173. The third-order valence-corrected chi connectivity index (χ3v) is 2.30. The fourth-order valence-electron chi connectivity index (χ4n) is 1.52. The standard InChI is InChI=1S/C11H13NO3/c1-14-10-3-2-9-4-8(6-12-13)7-15-11(9)5-10/h2-5,12-13H,6-7H2,1H3. The van der Waals surface area contributed by atoms with E-state index in [0.717, 1.165) is 22.6 Å². The molecule has 2 rings (SSSR count). The van der Waals surface area contributed by atoms with Gasteiger partial charge in [-0.25, -0.2) is 5.48 Å². The molecule has 0 bridgehead atoms. The van der Waals surface area contributed by atoms with E-state index in [-0.39, 0.29) is 0 Å². The Morgan fingerprint density at radius 1 is 1.53 bits per heavy atom. The van der Waals surface area contributed by atoms with E-state index in [2.05, 4.69) is 5.48 Å². The molecule has 4 heteroatoms. The molecule has 2 N–H and O–H groups in total. The van der Waals surface area contributed by atoms with Crippen LogP contribution in [-0.4, -0.2) is 25.5 Å². The molecule has 0 amide bonds. The maximum absolute atomic E-state index is 8.58. The molecule has 4 nitrogen and oxygen atoms in total. The van der Waals surface area contributed by atoms with Crippen LogP contribution in [0.2, 0.25) is 0 Å². The van der Waals surface area contributed by atoms with Gasteiger partial charge in [-0.05, 0) is 23.8 Å². The Morgan fingerprint density at radius 3 is 3.13 bits per heavy atom. The first kappa shape index (κ1) is 10.0.